The summed E-state index contributed by atoms with van der Waals surface area (Å²) in [6, 6.07) is 3.13. The van der Waals surface area contributed by atoms with Gasteiger partial charge in [-0.05, 0) is 50.5 Å². The van der Waals surface area contributed by atoms with Crippen molar-refractivity contribution < 1.29 is 42.2 Å². The van der Waals surface area contributed by atoms with E-state index in [4.69, 9.17) is 16.9 Å². The van der Waals surface area contributed by atoms with Crippen LogP contribution in [0.3, 0.4) is 0 Å². The molecule has 3 aliphatic rings. The molecule has 3 heterocycles. The Balaban J connectivity index is 1.51. The molecule has 2 atom stereocenters. The number of benzene rings is 1. The number of ketones is 1. The van der Waals surface area contributed by atoms with Crippen LogP contribution in [0.15, 0.2) is 40.4 Å². The highest BCUT2D eigenvalue weighted by Crippen LogP contribution is 2.34. The van der Waals surface area contributed by atoms with Crippen molar-refractivity contribution in [3.63, 3.8) is 0 Å². The van der Waals surface area contributed by atoms with Crippen LogP contribution in [-0.4, -0.2) is 106 Å². The van der Waals surface area contributed by atoms with Crippen molar-refractivity contribution in [2.45, 2.75) is 99.8 Å². The van der Waals surface area contributed by atoms with Gasteiger partial charge in [-0.25, -0.2) is 18.1 Å². The fourth-order valence-electron chi connectivity index (χ4n) is 7.29. The second kappa shape index (κ2) is 16.7. The SMILES string of the molecule is C#CCNS(=O)(=O)c1ccc(C(=O)N=C(CC2CCCCC2)C(=O)N2C[C@@H](n3nncc3C(C)(C)O)C[C@H]2C(=O)NC2(C(=O)C(N)=O)CCOCC2)cc1. The van der Waals surface area contributed by atoms with Crippen LogP contribution in [-0.2, 0) is 39.5 Å². The van der Waals surface area contributed by atoms with Crippen LogP contribution >= 0.6 is 0 Å². The number of primary amides is 1. The Kier molecular flexibility index (Phi) is 12.5. The van der Waals surface area contributed by atoms with Gasteiger partial charge in [0.2, 0.25) is 21.7 Å². The summed E-state index contributed by atoms with van der Waals surface area (Å²) in [5.74, 6) is -2.19. The van der Waals surface area contributed by atoms with E-state index in [0.29, 0.717) is 5.69 Å². The average molecular weight is 767 g/mol. The maximum Gasteiger partial charge on any atom is 0.287 e. The number of nitrogens with two attached hydrogens (primary N) is 1. The number of nitrogens with zero attached hydrogens (tertiary/aromatic N) is 5. The first-order valence-corrected chi connectivity index (χ1v) is 19.4. The Hall–Kier alpha value is -4.83. The largest absolute Gasteiger partial charge is 0.384 e. The lowest BCUT2D eigenvalue weighted by Gasteiger charge is -2.37. The second-order valence-corrected chi connectivity index (χ2v) is 16.3. The number of hydrogen-bond donors (Lipinski definition) is 4. The number of aromatic nitrogens is 3. The number of Topliss-reactive ketones (excluding diaryl/α,β-unsaturated/α-hetero) is 1. The highest BCUT2D eigenvalue weighted by atomic mass is 32.2. The predicted molar refractivity (Wildman–Crippen MR) is 193 cm³/mol. The van der Waals surface area contributed by atoms with Crippen LogP contribution in [0.1, 0.15) is 93.7 Å². The molecule has 5 rings (SSSR count). The van der Waals surface area contributed by atoms with Gasteiger partial charge in [0.1, 0.15) is 22.9 Å². The van der Waals surface area contributed by atoms with Gasteiger partial charge in [-0.3, -0.25) is 24.0 Å². The van der Waals surface area contributed by atoms with Crippen molar-refractivity contribution in [1.82, 2.24) is 29.9 Å². The summed E-state index contributed by atoms with van der Waals surface area (Å²) in [6.45, 7) is 2.94. The highest BCUT2D eigenvalue weighted by molar-refractivity contribution is 7.89. The summed E-state index contributed by atoms with van der Waals surface area (Å²) in [5.41, 5.74) is 2.63. The lowest BCUT2D eigenvalue weighted by molar-refractivity contribution is -0.146. The number of carbonyl (C=O) groups excluding carboxylic acids is 5. The Morgan fingerprint density at radius 2 is 1.78 bits per heavy atom. The summed E-state index contributed by atoms with van der Waals surface area (Å²) in [6.07, 6.45) is 11.2. The van der Waals surface area contributed by atoms with E-state index in [-0.39, 0.29) is 74.1 Å². The number of rotatable bonds is 13. The molecule has 0 radical (unpaired) electrons. The topological polar surface area (TPSA) is 245 Å². The first-order chi connectivity index (χ1) is 25.6. The maximum absolute atomic E-state index is 14.7. The van der Waals surface area contributed by atoms with E-state index in [2.05, 4.69) is 31.3 Å². The predicted octanol–water partition coefficient (Wildman–Crippen LogP) is 0.531. The van der Waals surface area contributed by atoms with Gasteiger partial charge in [0.25, 0.3) is 17.7 Å². The van der Waals surface area contributed by atoms with E-state index >= 15 is 0 Å². The van der Waals surface area contributed by atoms with E-state index in [9.17, 15) is 37.5 Å². The molecule has 0 bridgehead atoms. The zero-order valence-electron chi connectivity index (χ0n) is 30.3. The molecule has 2 saturated heterocycles. The average Bonchev–Trinajstić information content (AvgIpc) is 3.83. The van der Waals surface area contributed by atoms with Gasteiger partial charge in [-0.15, -0.1) is 11.5 Å². The van der Waals surface area contributed by atoms with E-state index in [1.807, 2.05) is 0 Å². The smallest absolute Gasteiger partial charge is 0.287 e. The molecule has 3 fully saturated rings. The monoisotopic (exact) mass is 766 g/mol. The number of likely N-dealkylation sites (tertiary alicyclic amines) is 1. The minimum atomic E-state index is -3.93. The van der Waals surface area contributed by atoms with Crippen LogP contribution < -0.4 is 15.8 Å². The molecule has 1 aromatic carbocycles. The van der Waals surface area contributed by atoms with E-state index in [0.717, 1.165) is 32.1 Å². The fraction of sp³-hybridized carbons (Fsp3) is 0.556. The third-order valence-electron chi connectivity index (χ3n) is 10.2. The van der Waals surface area contributed by atoms with E-state index in [1.54, 1.807) is 13.8 Å². The first-order valence-electron chi connectivity index (χ1n) is 17.9. The maximum atomic E-state index is 14.7. The normalized spacial score (nSPS) is 20.9. The summed E-state index contributed by atoms with van der Waals surface area (Å²) in [4.78, 5) is 73.3. The Morgan fingerprint density at radius 3 is 2.39 bits per heavy atom. The van der Waals surface area contributed by atoms with Crippen LogP contribution in [0.2, 0.25) is 0 Å². The summed E-state index contributed by atoms with van der Waals surface area (Å²) in [5, 5.41) is 21.7. The molecule has 18 heteroatoms. The second-order valence-electron chi connectivity index (χ2n) is 14.5. The van der Waals surface area contributed by atoms with Crippen LogP contribution in [0.25, 0.3) is 0 Å². The van der Waals surface area contributed by atoms with Crippen molar-refractivity contribution in [3.8, 4) is 12.3 Å². The molecule has 2 aliphatic heterocycles. The molecule has 1 aliphatic carbocycles. The number of aliphatic imine (C=N–C) groups is 1. The van der Waals surface area contributed by atoms with Gasteiger partial charge in [-0.2, -0.15) is 4.72 Å². The minimum Gasteiger partial charge on any atom is -0.384 e. The number of nitrogens with one attached hydrogen (secondary N) is 2. The summed E-state index contributed by atoms with van der Waals surface area (Å²) in [7, 11) is -3.93. The van der Waals surface area contributed by atoms with Crippen molar-refractivity contribution in [3.05, 3.63) is 41.7 Å². The van der Waals surface area contributed by atoms with Gasteiger partial charge in [0.05, 0.1) is 29.4 Å². The minimum absolute atomic E-state index is 0.0144. The van der Waals surface area contributed by atoms with Crippen LogP contribution in [0.4, 0.5) is 0 Å². The number of ether oxygens (including phenoxy) is 1. The summed E-state index contributed by atoms with van der Waals surface area (Å²) < 4.78 is 34.1. The number of terminal acetylenes is 1. The number of sulfonamides is 1. The Labute approximate surface area is 313 Å². The molecule has 1 saturated carbocycles. The molecule has 0 spiro atoms. The Morgan fingerprint density at radius 1 is 1.11 bits per heavy atom. The zero-order chi connectivity index (χ0) is 39.3. The van der Waals surface area contributed by atoms with Gasteiger partial charge in [-0.1, -0.05) is 43.2 Å². The van der Waals surface area contributed by atoms with Gasteiger partial charge >= 0.3 is 0 Å². The molecule has 0 unspecified atom stereocenters. The third kappa shape index (κ3) is 9.09. The van der Waals surface area contributed by atoms with Crippen molar-refractivity contribution in [1.29, 1.82) is 0 Å². The third-order valence-corrected chi connectivity index (χ3v) is 11.6. The number of carbonyl (C=O) groups is 5. The number of amides is 4. The molecule has 54 heavy (non-hydrogen) atoms. The molecule has 17 nitrogen and oxygen atoms in total. The highest BCUT2D eigenvalue weighted by Gasteiger charge is 2.49. The first kappa shape index (κ1) is 40.4. The van der Waals surface area contributed by atoms with E-state index < -0.39 is 62.7 Å². The Bertz CT molecular complexity index is 1930. The zero-order valence-corrected chi connectivity index (χ0v) is 31.1. The molecule has 5 N–H and O–H groups in total. The van der Waals surface area contributed by atoms with Gasteiger partial charge in [0, 0.05) is 44.6 Å². The number of aliphatic hydroxyl groups is 1. The molecular weight excluding hydrogens is 721 g/mol. The summed E-state index contributed by atoms with van der Waals surface area (Å²) >= 11 is 0. The van der Waals surface area contributed by atoms with Crippen LogP contribution in [0.5, 0.6) is 0 Å². The molecule has 4 amide bonds. The van der Waals surface area contributed by atoms with Gasteiger partial charge in [0.15, 0.2) is 0 Å². The van der Waals surface area contributed by atoms with Crippen molar-refractivity contribution >= 4 is 45.1 Å². The fourth-order valence-corrected chi connectivity index (χ4v) is 8.23. The molecule has 1 aromatic heterocycles. The van der Waals surface area contributed by atoms with Crippen molar-refractivity contribution in [2.24, 2.45) is 16.6 Å². The lowest BCUT2D eigenvalue weighted by atomic mass is 9.84. The standard InChI is InChI=1S/C36H46N8O9S/c1-4-16-39-54(51,52)26-12-10-24(11-13-26)32(47)40-27(19-23-8-6-5-7-9-23)34(49)43-22-25(44-29(21-38-42-44)35(2,3)50)20-28(43)33(48)41-36(30(45)31(37)46)14-17-53-18-15-36/h1,10-13,21,23,25,28,39,50H,5-9,14-20,22H2,2-3H3,(H2,37,46)(H,41,48)/t25-,28-/m0/s1. The van der Waals surface area contributed by atoms with E-state index in [1.165, 1.54) is 40.0 Å². The number of hydrogen-bond acceptors (Lipinski definition) is 11. The lowest BCUT2D eigenvalue weighted by Crippen LogP contribution is -2.63. The quantitative estimate of drug-likeness (QED) is 0.124. The van der Waals surface area contributed by atoms with Crippen molar-refractivity contribution in [2.75, 3.05) is 26.3 Å². The molecular formula is C36H46N8O9S. The molecule has 290 valence electrons. The van der Waals surface area contributed by atoms with Gasteiger partial charge < -0.3 is 25.8 Å². The molecule has 2 aromatic rings. The van der Waals surface area contributed by atoms with Crippen LogP contribution in [0, 0.1) is 18.3 Å².